The number of rotatable bonds is 4. The molecule has 14 heavy (non-hydrogen) atoms. The van der Waals surface area contributed by atoms with Gasteiger partial charge in [-0.05, 0) is 43.4 Å². The van der Waals surface area contributed by atoms with Gasteiger partial charge in [0, 0.05) is 18.9 Å². The molecule has 0 saturated heterocycles. The molecule has 1 saturated carbocycles. The zero-order chi connectivity index (χ0) is 9.80. The molecule has 1 aliphatic carbocycles. The fraction of sp³-hybridized carbons (Fsp3) is 0.667. The molecule has 0 bridgehead atoms. The summed E-state index contributed by atoms with van der Waals surface area (Å²) in [7, 11) is 0. The van der Waals surface area contributed by atoms with Crippen molar-refractivity contribution in [1.29, 1.82) is 0 Å². The predicted molar refractivity (Wildman–Crippen MR) is 59.1 cm³/mol. The van der Waals surface area contributed by atoms with Crippen LogP contribution in [0.5, 0.6) is 0 Å². The van der Waals surface area contributed by atoms with Gasteiger partial charge in [-0.3, -0.25) is 0 Å². The molecule has 1 aromatic heterocycles. The Kier molecular flexibility index (Phi) is 3.25. The molecule has 0 aromatic carbocycles. The Hall–Kier alpha value is -0.760. The van der Waals surface area contributed by atoms with Crippen molar-refractivity contribution in [1.82, 2.24) is 4.57 Å². The maximum absolute atomic E-state index is 5.52. The molecule has 0 atom stereocenters. The van der Waals surface area contributed by atoms with E-state index in [-0.39, 0.29) is 0 Å². The number of hydrogen-bond acceptors (Lipinski definition) is 1. The third-order valence-corrected chi connectivity index (χ3v) is 3.19. The van der Waals surface area contributed by atoms with Crippen LogP contribution in [0, 0.1) is 5.92 Å². The second-order valence-corrected chi connectivity index (χ2v) is 4.41. The van der Waals surface area contributed by atoms with Gasteiger partial charge in [0.2, 0.25) is 0 Å². The summed E-state index contributed by atoms with van der Waals surface area (Å²) in [5.41, 5.74) is 6.90. The predicted octanol–water partition coefficient (Wildman–Crippen LogP) is 2.18. The Balaban J connectivity index is 1.88. The average Bonchev–Trinajstić information content (AvgIpc) is 2.79. The first kappa shape index (κ1) is 9.78. The van der Waals surface area contributed by atoms with Crippen LogP contribution in [0.3, 0.4) is 0 Å². The molecule has 1 heterocycles. The smallest absolute Gasteiger partial charge is 0.0248 e. The van der Waals surface area contributed by atoms with Gasteiger partial charge >= 0.3 is 0 Å². The van der Waals surface area contributed by atoms with E-state index in [1.807, 2.05) is 0 Å². The molecule has 0 amide bonds. The molecule has 2 rings (SSSR count). The summed E-state index contributed by atoms with van der Waals surface area (Å²) >= 11 is 0. The molecule has 2 nitrogen and oxygen atoms in total. The van der Waals surface area contributed by atoms with E-state index in [4.69, 9.17) is 5.73 Å². The Morgan fingerprint density at radius 3 is 2.86 bits per heavy atom. The molecule has 0 unspecified atom stereocenters. The highest BCUT2D eigenvalue weighted by molar-refractivity contribution is 5.10. The molecule has 1 aromatic rings. The third kappa shape index (κ3) is 2.38. The van der Waals surface area contributed by atoms with Crippen molar-refractivity contribution in [3.63, 3.8) is 0 Å². The molecular formula is C12H20N2. The zero-order valence-electron chi connectivity index (χ0n) is 8.78. The molecular weight excluding hydrogens is 172 g/mol. The fourth-order valence-corrected chi connectivity index (χ4v) is 2.41. The maximum Gasteiger partial charge on any atom is 0.0248 e. The lowest BCUT2D eigenvalue weighted by Gasteiger charge is -2.09. The highest BCUT2D eigenvalue weighted by atomic mass is 14.9. The number of hydrogen-bond donors (Lipinski definition) is 1. The van der Waals surface area contributed by atoms with Crippen molar-refractivity contribution in [3.8, 4) is 0 Å². The van der Waals surface area contributed by atoms with E-state index in [0.717, 1.165) is 18.9 Å². The molecule has 0 spiro atoms. The van der Waals surface area contributed by atoms with E-state index in [0.29, 0.717) is 0 Å². The van der Waals surface area contributed by atoms with Crippen LogP contribution in [0.25, 0.3) is 0 Å². The SMILES string of the molecule is NCCc1ccn(CC2CCCC2)c1. The molecule has 1 aliphatic rings. The van der Waals surface area contributed by atoms with Crippen LogP contribution in [-0.4, -0.2) is 11.1 Å². The summed E-state index contributed by atoms with van der Waals surface area (Å²) in [6.07, 6.45) is 11.2. The monoisotopic (exact) mass is 192 g/mol. The summed E-state index contributed by atoms with van der Waals surface area (Å²) < 4.78 is 2.33. The van der Waals surface area contributed by atoms with E-state index in [1.165, 1.54) is 37.8 Å². The summed E-state index contributed by atoms with van der Waals surface area (Å²) in [6, 6.07) is 2.20. The quantitative estimate of drug-likeness (QED) is 0.779. The van der Waals surface area contributed by atoms with E-state index in [2.05, 4.69) is 23.0 Å². The van der Waals surface area contributed by atoms with Gasteiger partial charge in [-0.15, -0.1) is 0 Å². The highest BCUT2D eigenvalue weighted by Crippen LogP contribution is 2.26. The van der Waals surface area contributed by atoms with Gasteiger partial charge < -0.3 is 10.3 Å². The van der Waals surface area contributed by atoms with Crippen molar-refractivity contribution in [2.75, 3.05) is 6.54 Å². The van der Waals surface area contributed by atoms with Gasteiger partial charge in [-0.1, -0.05) is 12.8 Å². The van der Waals surface area contributed by atoms with Crippen LogP contribution in [0.2, 0.25) is 0 Å². The van der Waals surface area contributed by atoms with Gasteiger partial charge in [0.25, 0.3) is 0 Å². The average molecular weight is 192 g/mol. The van der Waals surface area contributed by atoms with Crippen LogP contribution < -0.4 is 5.73 Å². The van der Waals surface area contributed by atoms with Crippen LogP contribution >= 0.6 is 0 Å². The summed E-state index contributed by atoms with van der Waals surface area (Å²) in [6.45, 7) is 1.97. The first-order chi connectivity index (χ1) is 6.88. The zero-order valence-corrected chi connectivity index (χ0v) is 8.78. The summed E-state index contributed by atoms with van der Waals surface area (Å²) in [4.78, 5) is 0. The maximum atomic E-state index is 5.52. The highest BCUT2D eigenvalue weighted by Gasteiger charge is 2.14. The van der Waals surface area contributed by atoms with Crippen LogP contribution in [0.4, 0.5) is 0 Å². The molecule has 2 N–H and O–H groups in total. The van der Waals surface area contributed by atoms with Crippen molar-refractivity contribution in [3.05, 3.63) is 24.0 Å². The van der Waals surface area contributed by atoms with Crippen LogP contribution in [0.1, 0.15) is 31.2 Å². The minimum Gasteiger partial charge on any atom is -0.354 e. The summed E-state index contributed by atoms with van der Waals surface area (Å²) in [5.74, 6) is 0.924. The van der Waals surface area contributed by atoms with Crippen molar-refractivity contribution >= 4 is 0 Å². The van der Waals surface area contributed by atoms with E-state index >= 15 is 0 Å². The second kappa shape index (κ2) is 4.65. The number of nitrogens with zero attached hydrogens (tertiary/aromatic N) is 1. The normalized spacial score (nSPS) is 17.8. The topological polar surface area (TPSA) is 30.9 Å². The summed E-state index contributed by atoms with van der Waals surface area (Å²) in [5, 5.41) is 0. The Bertz CT molecular complexity index is 272. The first-order valence-corrected chi connectivity index (χ1v) is 5.73. The molecule has 1 fully saturated rings. The van der Waals surface area contributed by atoms with Gasteiger partial charge in [0.05, 0.1) is 0 Å². The van der Waals surface area contributed by atoms with Crippen LogP contribution in [0.15, 0.2) is 18.5 Å². The molecule has 2 heteroatoms. The van der Waals surface area contributed by atoms with Crippen molar-refractivity contribution < 1.29 is 0 Å². The lowest BCUT2D eigenvalue weighted by molar-refractivity contribution is 0.458. The molecule has 0 aliphatic heterocycles. The van der Waals surface area contributed by atoms with E-state index in [9.17, 15) is 0 Å². The lowest BCUT2D eigenvalue weighted by Crippen LogP contribution is -2.05. The third-order valence-electron chi connectivity index (χ3n) is 3.19. The van der Waals surface area contributed by atoms with Gasteiger partial charge in [-0.25, -0.2) is 0 Å². The van der Waals surface area contributed by atoms with Crippen LogP contribution in [-0.2, 0) is 13.0 Å². The minimum atomic E-state index is 0.757. The first-order valence-electron chi connectivity index (χ1n) is 5.73. The fourth-order valence-electron chi connectivity index (χ4n) is 2.41. The lowest BCUT2D eigenvalue weighted by atomic mass is 10.1. The van der Waals surface area contributed by atoms with E-state index < -0.39 is 0 Å². The van der Waals surface area contributed by atoms with Crippen molar-refractivity contribution in [2.45, 2.75) is 38.6 Å². The minimum absolute atomic E-state index is 0.757. The second-order valence-electron chi connectivity index (χ2n) is 4.41. The van der Waals surface area contributed by atoms with E-state index in [1.54, 1.807) is 0 Å². The molecule has 0 radical (unpaired) electrons. The van der Waals surface area contributed by atoms with Gasteiger partial charge in [0.1, 0.15) is 0 Å². The Morgan fingerprint density at radius 2 is 2.14 bits per heavy atom. The van der Waals surface area contributed by atoms with Crippen molar-refractivity contribution in [2.24, 2.45) is 11.7 Å². The largest absolute Gasteiger partial charge is 0.354 e. The Morgan fingerprint density at radius 1 is 1.36 bits per heavy atom. The van der Waals surface area contributed by atoms with Gasteiger partial charge in [-0.2, -0.15) is 0 Å². The standard InChI is InChI=1S/C12H20N2/c13-7-5-12-6-8-14(10-12)9-11-3-1-2-4-11/h6,8,10-11H,1-5,7,9,13H2. The number of aromatic nitrogens is 1. The Labute approximate surface area is 86.1 Å². The number of nitrogens with two attached hydrogens (primary N) is 1. The van der Waals surface area contributed by atoms with Gasteiger partial charge in [0.15, 0.2) is 0 Å². The molecule has 78 valence electrons.